The van der Waals surface area contributed by atoms with Crippen molar-refractivity contribution in [3.8, 4) is 0 Å². The molecule has 0 fully saturated rings. The predicted octanol–water partition coefficient (Wildman–Crippen LogP) is 2.76. The summed E-state index contributed by atoms with van der Waals surface area (Å²) in [4.78, 5) is 35.3. The van der Waals surface area contributed by atoms with Gasteiger partial charge in [-0.15, -0.1) is 0 Å². The van der Waals surface area contributed by atoms with E-state index in [4.69, 9.17) is 14.2 Å². The van der Waals surface area contributed by atoms with Crippen molar-refractivity contribution in [1.29, 1.82) is 0 Å². The molecule has 0 aliphatic carbocycles. The number of carbonyl (C=O) groups is 3. The molecule has 1 rings (SSSR count). The Hall–Kier alpha value is -2.77. The molecule has 0 aliphatic heterocycles. The van der Waals surface area contributed by atoms with Crippen LogP contribution >= 0.6 is 0 Å². The van der Waals surface area contributed by atoms with Gasteiger partial charge in [0.25, 0.3) is 0 Å². The van der Waals surface area contributed by atoms with Crippen LogP contribution < -0.4 is 10.6 Å². The number of ether oxygens (including phenoxy) is 3. The third-order valence-electron chi connectivity index (χ3n) is 3.33. The minimum absolute atomic E-state index is 0.0980. The van der Waals surface area contributed by atoms with Crippen molar-refractivity contribution in [3.63, 3.8) is 0 Å². The molecule has 0 aliphatic rings. The average Bonchev–Trinajstić information content (AvgIpc) is 2.61. The molecule has 150 valence electrons. The lowest BCUT2D eigenvalue weighted by Gasteiger charge is -2.20. The number of alkyl carbamates (subject to hydrolysis) is 2. The van der Waals surface area contributed by atoms with E-state index in [9.17, 15) is 14.4 Å². The molecule has 1 unspecified atom stereocenters. The molecular formula is C19H28N2O6. The standard InChI is InChI=1S/C19H28N2O6/c1-19(2,3)27-17(23)20-12-8-11-15(16(22)25-4)21-18(24)26-13-14-9-6-5-7-10-14/h5-7,9-10,15H,8,11-13H2,1-4H3,(H,20,23)(H,21,24). The van der Waals surface area contributed by atoms with E-state index >= 15 is 0 Å². The summed E-state index contributed by atoms with van der Waals surface area (Å²) >= 11 is 0. The summed E-state index contributed by atoms with van der Waals surface area (Å²) in [5, 5.41) is 5.08. The predicted molar refractivity (Wildman–Crippen MR) is 99.0 cm³/mol. The Balaban J connectivity index is 2.38. The number of benzene rings is 1. The van der Waals surface area contributed by atoms with E-state index in [0.717, 1.165) is 5.56 Å². The van der Waals surface area contributed by atoms with Crippen LogP contribution in [0.15, 0.2) is 30.3 Å². The summed E-state index contributed by atoms with van der Waals surface area (Å²) in [5.74, 6) is -0.580. The minimum atomic E-state index is -0.862. The van der Waals surface area contributed by atoms with E-state index in [0.29, 0.717) is 13.0 Å². The van der Waals surface area contributed by atoms with Crippen molar-refractivity contribution in [1.82, 2.24) is 10.6 Å². The molecule has 1 atom stereocenters. The number of rotatable bonds is 8. The molecule has 0 saturated carbocycles. The molecule has 0 aromatic heterocycles. The highest BCUT2D eigenvalue weighted by Crippen LogP contribution is 2.07. The van der Waals surface area contributed by atoms with Crippen molar-refractivity contribution in [2.75, 3.05) is 13.7 Å². The number of esters is 1. The number of methoxy groups -OCH3 is 1. The van der Waals surface area contributed by atoms with E-state index in [1.807, 2.05) is 30.3 Å². The normalized spacial score (nSPS) is 11.9. The Bertz CT molecular complexity index is 612. The van der Waals surface area contributed by atoms with E-state index in [1.54, 1.807) is 20.8 Å². The topological polar surface area (TPSA) is 103 Å². The molecule has 8 heteroatoms. The Morgan fingerprint density at radius 1 is 1.07 bits per heavy atom. The number of nitrogens with one attached hydrogen (secondary N) is 2. The molecule has 1 aromatic rings. The van der Waals surface area contributed by atoms with E-state index < -0.39 is 29.8 Å². The van der Waals surface area contributed by atoms with Crippen molar-refractivity contribution >= 4 is 18.2 Å². The molecule has 27 heavy (non-hydrogen) atoms. The third-order valence-corrected chi connectivity index (χ3v) is 3.33. The minimum Gasteiger partial charge on any atom is -0.467 e. The van der Waals surface area contributed by atoms with Gasteiger partial charge in [-0.25, -0.2) is 14.4 Å². The molecular weight excluding hydrogens is 352 g/mol. The highest BCUT2D eigenvalue weighted by molar-refractivity contribution is 5.81. The van der Waals surface area contributed by atoms with Crippen LogP contribution in [0.2, 0.25) is 0 Å². The zero-order valence-corrected chi connectivity index (χ0v) is 16.2. The summed E-state index contributed by atoms with van der Waals surface area (Å²) in [6, 6.07) is 8.33. The summed E-state index contributed by atoms with van der Waals surface area (Å²) in [7, 11) is 1.24. The molecule has 2 N–H and O–H groups in total. The van der Waals surface area contributed by atoms with Crippen LogP contribution in [0.1, 0.15) is 39.2 Å². The Labute approximate surface area is 159 Å². The smallest absolute Gasteiger partial charge is 0.408 e. The second-order valence-electron chi connectivity index (χ2n) is 6.85. The molecule has 0 radical (unpaired) electrons. The van der Waals surface area contributed by atoms with Crippen molar-refractivity contribution in [2.45, 2.75) is 51.9 Å². The summed E-state index contributed by atoms with van der Waals surface area (Å²) in [5.41, 5.74) is 0.256. The highest BCUT2D eigenvalue weighted by Gasteiger charge is 2.22. The van der Waals surface area contributed by atoms with Gasteiger partial charge < -0.3 is 24.8 Å². The molecule has 8 nitrogen and oxygen atoms in total. The van der Waals surface area contributed by atoms with Gasteiger partial charge >= 0.3 is 18.2 Å². The van der Waals surface area contributed by atoms with Crippen molar-refractivity contribution < 1.29 is 28.6 Å². The first-order valence-electron chi connectivity index (χ1n) is 8.73. The highest BCUT2D eigenvalue weighted by atomic mass is 16.6. The zero-order valence-electron chi connectivity index (χ0n) is 16.2. The van der Waals surface area contributed by atoms with Gasteiger partial charge in [0.15, 0.2) is 0 Å². The number of hydrogen-bond acceptors (Lipinski definition) is 6. The summed E-state index contributed by atoms with van der Waals surface area (Å²) in [6.45, 7) is 5.70. The number of amides is 2. The fourth-order valence-electron chi connectivity index (χ4n) is 2.11. The SMILES string of the molecule is COC(=O)C(CCCNC(=O)OC(C)(C)C)NC(=O)OCc1ccccc1. The molecule has 1 aromatic carbocycles. The quantitative estimate of drug-likeness (QED) is 0.408. The second-order valence-corrected chi connectivity index (χ2v) is 6.85. The van der Waals surface area contributed by atoms with E-state index in [-0.39, 0.29) is 13.0 Å². The van der Waals surface area contributed by atoms with Gasteiger partial charge in [0.1, 0.15) is 18.2 Å². The first-order valence-corrected chi connectivity index (χ1v) is 8.73. The van der Waals surface area contributed by atoms with Crippen LogP contribution in [0, 0.1) is 0 Å². The third kappa shape index (κ3) is 10.1. The fourth-order valence-corrected chi connectivity index (χ4v) is 2.11. The van der Waals surface area contributed by atoms with Gasteiger partial charge in [-0.2, -0.15) is 0 Å². The average molecular weight is 380 g/mol. The van der Waals surface area contributed by atoms with E-state index in [2.05, 4.69) is 10.6 Å². The van der Waals surface area contributed by atoms with Gasteiger partial charge in [-0.3, -0.25) is 0 Å². The monoisotopic (exact) mass is 380 g/mol. The molecule has 2 amide bonds. The maximum Gasteiger partial charge on any atom is 0.408 e. The number of carbonyl (C=O) groups excluding carboxylic acids is 3. The zero-order chi connectivity index (χ0) is 20.3. The van der Waals surface area contributed by atoms with Gasteiger partial charge in [-0.05, 0) is 39.2 Å². The van der Waals surface area contributed by atoms with Crippen LogP contribution in [0.4, 0.5) is 9.59 Å². The lowest BCUT2D eigenvalue weighted by Crippen LogP contribution is -2.42. The lowest BCUT2D eigenvalue weighted by molar-refractivity contribution is -0.143. The lowest BCUT2D eigenvalue weighted by atomic mass is 10.1. The largest absolute Gasteiger partial charge is 0.467 e. The van der Waals surface area contributed by atoms with Crippen molar-refractivity contribution in [2.24, 2.45) is 0 Å². The van der Waals surface area contributed by atoms with Gasteiger partial charge in [0.2, 0.25) is 0 Å². The van der Waals surface area contributed by atoms with Crippen LogP contribution in [0.3, 0.4) is 0 Å². The van der Waals surface area contributed by atoms with Crippen LogP contribution in [0.5, 0.6) is 0 Å². The van der Waals surface area contributed by atoms with Gasteiger partial charge in [0.05, 0.1) is 7.11 Å². The van der Waals surface area contributed by atoms with Gasteiger partial charge in [0, 0.05) is 6.54 Å². The summed E-state index contributed by atoms with van der Waals surface area (Å²) in [6.07, 6.45) is -0.525. The second kappa shape index (κ2) is 11.1. The molecule has 0 heterocycles. The Morgan fingerprint density at radius 3 is 2.33 bits per heavy atom. The van der Waals surface area contributed by atoms with E-state index in [1.165, 1.54) is 7.11 Å². The Kier molecular flexibility index (Phi) is 9.12. The van der Waals surface area contributed by atoms with Crippen LogP contribution in [0.25, 0.3) is 0 Å². The van der Waals surface area contributed by atoms with Crippen LogP contribution in [-0.4, -0.2) is 43.5 Å². The van der Waals surface area contributed by atoms with Crippen molar-refractivity contribution in [3.05, 3.63) is 35.9 Å². The van der Waals surface area contributed by atoms with Crippen LogP contribution in [-0.2, 0) is 25.6 Å². The first kappa shape index (κ1) is 22.3. The van der Waals surface area contributed by atoms with Gasteiger partial charge in [-0.1, -0.05) is 30.3 Å². The molecule has 0 bridgehead atoms. The Morgan fingerprint density at radius 2 is 1.74 bits per heavy atom. The maximum atomic E-state index is 11.9. The number of hydrogen-bond donors (Lipinski definition) is 2. The molecule has 0 spiro atoms. The molecule has 0 saturated heterocycles. The summed E-state index contributed by atoms with van der Waals surface area (Å²) < 4.78 is 14.9. The maximum absolute atomic E-state index is 11.9. The fraction of sp³-hybridized carbons (Fsp3) is 0.526. The first-order chi connectivity index (χ1) is 12.7.